The van der Waals surface area contributed by atoms with Crippen LogP contribution in [-0.2, 0) is 16.0 Å². The quantitative estimate of drug-likeness (QED) is 0.801. The van der Waals surface area contributed by atoms with Crippen LogP contribution in [0.15, 0.2) is 6.20 Å². The molecule has 2 unspecified atom stereocenters. The maximum atomic E-state index is 6.42. The highest BCUT2D eigenvalue weighted by Crippen LogP contribution is 2.39. The Morgan fingerprint density at radius 1 is 1.62 bits per heavy atom. The van der Waals surface area contributed by atoms with E-state index in [1.54, 1.807) is 13.3 Å². The summed E-state index contributed by atoms with van der Waals surface area (Å²) in [6, 6.07) is 0.0480. The van der Waals surface area contributed by atoms with Gasteiger partial charge in [-0.2, -0.15) is 5.10 Å². The van der Waals surface area contributed by atoms with E-state index in [-0.39, 0.29) is 11.6 Å². The Labute approximate surface area is 131 Å². The molecule has 21 heavy (non-hydrogen) atoms. The van der Waals surface area contributed by atoms with Crippen molar-refractivity contribution in [2.45, 2.75) is 51.3 Å². The van der Waals surface area contributed by atoms with Gasteiger partial charge in [-0.15, -0.1) is 0 Å². The smallest absolute Gasteiger partial charge is 0.0865 e. The Morgan fingerprint density at radius 3 is 3.05 bits per heavy atom. The molecule has 1 aliphatic heterocycles. The Hall–Kier alpha value is -0.620. The van der Waals surface area contributed by atoms with Crippen LogP contribution in [0.5, 0.6) is 0 Å². The first-order valence-corrected chi connectivity index (χ1v) is 8.07. The van der Waals surface area contributed by atoms with Crippen LogP contribution in [0.3, 0.4) is 0 Å². The van der Waals surface area contributed by atoms with Gasteiger partial charge in [0.25, 0.3) is 0 Å². The van der Waals surface area contributed by atoms with E-state index < -0.39 is 0 Å². The molecule has 1 saturated heterocycles. The van der Waals surface area contributed by atoms with Crippen molar-refractivity contribution in [3.8, 4) is 0 Å². The summed E-state index contributed by atoms with van der Waals surface area (Å²) < 4.78 is 13.1. The molecule has 1 aromatic heterocycles. The molecule has 0 bridgehead atoms. The normalized spacial score (nSPS) is 23.6. The molecule has 0 aliphatic carbocycles. The molecule has 2 atom stereocenters. The van der Waals surface area contributed by atoms with Crippen LogP contribution in [0, 0.1) is 0 Å². The van der Waals surface area contributed by atoms with Crippen LogP contribution in [0.25, 0.3) is 0 Å². The third-order valence-corrected chi connectivity index (χ3v) is 4.36. The van der Waals surface area contributed by atoms with Gasteiger partial charge in [-0.05, 0) is 32.7 Å². The van der Waals surface area contributed by atoms with Crippen molar-refractivity contribution in [2.24, 2.45) is 0 Å². The molecule has 2 rings (SSSR count). The Bertz CT molecular complexity index is 444. The van der Waals surface area contributed by atoms with Gasteiger partial charge in [0.15, 0.2) is 0 Å². The predicted molar refractivity (Wildman–Crippen MR) is 83.7 cm³/mol. The van der Waals surface area contributed by atoms with Gasteiger partial charge < -0.3 is 14.8 Å². The van der Waals surface area contributed by atoms with E-state index in [1.807, 2.05) is 4.68 Å². The van der Waals surface area contributed by atoms with E-state index in [4.69, 9.17) is 21.1 Å². The second-order valence-corrected chi connectivity index (χ2v) is 6.15. The van der Waals surface area contributed by atoms with E-state index in [9.17, 15) is 0 Å². The van der Waals surface area contributed by atoms with Gasteiger partial charge in [-0.1, -0.05) is 18.5 Å². The van der Waals surface area contributed by atoms with E-state index >= 15 is 0 Å². The molecular formula is C15H26ClN3O2. The average Bonchev–Trinajstić information content (AvgIpc) is 3.06. The molecule has 0 amide bonds. The summed E-state index contributed by atoms with van der Waals surface area (Å²) in [5.74, 6) is 0. The van der Waals surface area contributed by atoms with Gasteiger partial charge in [-0.3, -0.25) is 4.68 Å². The fraction of sp³-hybridized carbons (Fsp3) is 0.800. The zero-order chi connectivity index (χ0) is 15.3. The molecule has 120 valence electrons. The van der Waals surface area contributed by atoms with Crippen LogP contribution in [0.1, 0.15) is 44.8 Å². The molecule has 6 heteroatoms. The molecule has 5 nitrogen and oxygen atoms in total. The number of aromatic nitrogens is 2. The number of hydrogen-bond acceptors (Lipinski definition) is 4. The molecule has 0 spiro atoms. The summed E-state index contributed by atoms with van der Waals surface area (Å²) in [5, 5.41) is 8.69. The molecule has 1 aromatic rings. The zero-order valence-electron chi connectivity index (χ0n) is 13.2. The Kier molecular flexibility index (Phi) is 6.05. The van der Waals surface area contributed by atoms with Gasteiger partial charge in [0, 0.05) is 13.7 Å². The summed E-state index contributed by atoms with van der Waals surface area (Å²) in [5.41, 5.74) is 0.774. The second kappa shape index (κ2) is 7.58. The third-order valence-electron chi connectivity index (χ3n) is 4.07. The minimum absolute atomic E-state index is 0.0480. The molecule has 1 aliphatic rings. The van der Waals surface area contributed by atoms with Crippen LogP contribution >= 0.6 is 11.6 Å². The lowest BCUT2D eigenvalue weighted by atomic mass is 9.90. The number of halogens is 1. The largest absolute Gasteiger partial charge is 0.383 e. The molecule has 0 radical (unpaired) electrons. The highest BCUT2D eigenvalue weighted by Gasteiger charge is 2.41. The predicted octanol–water partition coefficient (Wildman–Crippen LogP) is 2.79. The number of nitrogens with zero attached hydrogens (tertiary/aromatic N) is 2. The Morgan fingerprint density at radius 2 is 2.43 bits per heavy atom. The van der Waals surface area contributed by atoms with Crippen molar-refractivity contribution in [2.75, 3.05) is 26.9 Å². The lowest BCUT2D eigenvalue weighted by Gasteiger charge is -2.34. The minimum Gasteiger partial charge on any atom is -0.383 e. The average molecular weight is 316 g/mol. The summed E-state index contributed by atoms with van der Waals surface area (Å²) in [6.07, 6.45) is 4.90. The fourth-order valence-electron chi connectivity index (χ4n) is 2.93. The summed E-state index contributed by atoms with van der Waals surface area (Å²) in [4.78, 5) is 0. The topological polar surface area (TPSA) is 48.3 Å². The molecular weight excluding hydrogens is 290 g/mol. The van der Waals surface area contributed by atoms with Crippen LogP contribution in [-0.4, -0.2) is 42.2 Å². The number of hydrogen-bond donors (Lipinski definition) is 1. The third kappa shape index (κ3) is 3.77. The van der Waals surface area contributed by atoms with Crippen LogP contribution in [0.4, 0.5) is 0 Å². The fourth-order valence-corrected chi connectivity index (χ4v) is 3.18. The molecule has 1 fully saturated rings. The lowest BCUT2D eigenvalue weighted by molar-refractivity contribution is -0.0150. The van der Waals surface area contributed by atoms with E-state index in [2.05, 4.69) is 24.3 Å². The summed E-state index contributed by atoms with van der Waals surface area (Å²) in [6.45, 7) is 7.37. The van der Waals surface area contributed by atoms with E-state index in [0.29, 0.717) is 18.2 Å². The lowest BCUT2D eigenvalue weighted by Crippen LogP contribution is -2.43. The first-order chi connectivity index (χ1) is 10.1. The second-order valence-electron chi connectivity index (χ2n) is 5.75. The molecule has 0 aromatic carbocycles. The Balaban J connectivity index is 2.29. The highest BCUT2D eigenvalue weighted by molar-refractivity contribution is 6.31. The van der Waals surface area contributed by atoms with Crippen molar-refractivity contribution < 1.29 is 9.47 Å². The van der Waals surface area contributed by atoms with Crippen LogP contribution in [0.2, 0.25) is 5.02 Å². The van der Waals surface area contributed by atoms with Gasteiger partial charge in [0.05, 0.1) is 41.7 Å². The highest BCUT2D eigenvalue weighted by atomic mass is 35.5. The molecule has 0 saturated carbocycles. The summed E-state index contributed by atoms with van der Waals surface area (Å²) in [7, 11) is 1.69. The first-order valence-electron chi connectivity index (χ1n) is 7.70. The van der Waals surface area contributed by atoms with Gasteiger partial charge in [0.2, 0.25) is 0 Å². The number of methoxy groups -OCH3 is 1. The number of ether oxygens (including phenoxy) is 2. The van der Waals surface area contributed by atoms with E-state index in [1.165, 1.54) is 0 Å². The SMILES string of the molecule is CCCNC(c1c(Cl)cnn1CCOC)C1(C)CCCO1. The van der Waals surface area contributed by atoms with Crippen molar-refractivity contribution >= 4 is 11.6 Å². The summed E-state index contributed by atoms with van der Waals surface area (Å²) >= 11 is 6.42. The standard InChI is InChI=1S/C15H26ClN3O2/c1-4-7-17-14(15(2)6-5-9-21-15)13-12(16)11-18-19(13)8-10-20-3/h11,14,17H,4-10H2,1-3H3. The van der Waals surface area contributed by atoms with Gasteiger partial charge in [-0.25, -0.2) is 0 Å². The van der Waals surface area contributed by atoms with Gasteiger partial charge in [0.1, 0.15) is 0 Å². The van der Waals surface area contributed by atoms with Crippen molar-refractivity contribution in [1.29, 1.82) is 0 Å². The number of nitrogens with one attached hydrogen (secondary N) is 1. The van der Waals surface area contributed by atoms with Crippen molar-refractivity contribution in [1.82, 2.24) is 15.1 Å². The van der Waals surface area contributed by atoms with Crippen molar-refractivity contribution in [3.05, 3.63) is 16.9 Å². The van der Waals surface area contributed by atoms with E-state index in [0.717, 1.165) is 38.1 Å². The maximum Gasteiger partial charge on any atom is 0.0865 e. The monoisotopic (exact) mass is 315 g/mol. The number of rotatable bonds is 8. The molecule has 2 heterocycles. The van der Waals surface area contributed by atoms with Crippen molar-refractivity contribution in [3.63, 3.8) is 0 Å². The maximum absolute atomic E-state index is 6.42. The zero-order valence-corrected chi connectivity index (χ0v) is 13.9. The first kappa shape index (κ1) is 16.7. The molecule has 1 N–H and O–H groups in total. The van der Waals surface area contributed by atoms with Gasteiger partial charge >= 0.3 is 0 Å². The van der Waals surface area contributed by atoms with Crippen LogP contribution < -0.4 is 5.32 Å². The minimum atomic E-state index is -0.232.